The van der Waals surface area contributed by atoms with Gasteiger partial charge in [0.1, 0.15) is 17.2 Å². The van der Waals surface area contributed by atoms with Gasteiger partial charge in [0.2, 0.25) is 0 Å². The average molecular weight is 511 g/mol. The van der Waals surface area contributed by atoms with Crippen molar-refractivity contribution in [1.82, 2.24) is 19.9 Å². The Hall–Kier alpha value is -3.14. The summed E-state index contributed by atoms with van der Waals surface area (Å²) < 4.78 is 7.33. The molecule has 4 N–H and O–H groups in total. The molecule has 3 aliphatic rings. The molecular weight excluding hydrogens is 472 g/mol. The van der Waals surface area contributed by atoms with Crippen LogP contribution in [0.2, 0.25) is 0 Å². The van der Waals surface area contributed by atoms with Crippen LogP contribution in [0.3, 0.4) is 0 Å². The van der Waals surface area contributed by atoms with Crippen molar-refractivity contribution in [1.29, 1.82) is 0 Å². The van der Waals surface area contributed by atoms with E-state index in [0.717, 1.165) is 44.3 Å². The largest absolute Gasteiger partial charge is 0.444 e. The number of alkyl carbamates (subject to hydrolysis) is 1. The van der Waals surface area contributed by atoms with Gasteiger partial charge >= 0.3 is 6.09 Å². The lowest BCUT2D eigenvalue weighted by molar-refractivity contribution is -0.0179. The van der Waals surface area contributed by atoms with Crippen molar-refractivity contribution in [2.75, 3.05) is 10.6 Å². The van der Waals surface area contributed by atoms with E-state index < -0.39 is 11.7 Å². The molecule has 200 valence electrons. The normalized spacial score (nSPS) is 25.6. The maximum absolute atomic E-state index is 13.2. The summed E-state index contributed by atoms with van der Waals surface area (Å²) in [5.74, 6) is 2.19. The number of amides is 2. The Morgan fingerprint density at radius 1 is 1.14 bits per heavy atom. The zero-order valence-electron chi connectivity index (χ0n) is 22.3. The predicted octanol–water partition coefficient (Wildman–Crippen LogP) is 4.25. The standard InChI is InChI=1S/C27H38N6O4/c1-15(34)20-9-8-19(24(35)32-21-14-33(5)23(31-21)16-6-7-16)22(30-20)28-17-10-27(11-17)12-18(13-27)29-25(36)37-26(2,3)4/h8-9,14-18,34H,6-7,10-13H2,1-5H3,(H,28,30)(H,29,36)(H,32,35). The number of nitrogens with one attached hydrogen (secondary N) is 3. The summed E-state index contributed by atoms with van der Waals surface area (Å²) in [6.45, 7) is 7.22. The number of imidazole rings is 1. The Bertz CT molecular complexity index is 1180. The van der Waals surface area contributed by atoms with Gasteiger partial charge in [-0.15, -0.1) is 0 Å². The highest BCUT2D eigenvalue weighted by Gasteiger charge is 2.53. The lowest BCUT2D eigenvalue weighted by Gasteiger charge is -2.57. The highest BCUT2D eigenvalue weighted by atomic mass is 16.6. The van der Waals surface area contributed by atoms with Crippen LogP contribution in [0.25, 0.3) is 0 Å². The molecule has 0 aromatic carbocycles. The molecule has 2 aromatic rings. The monoisotopic (exact) mass is 510 g/mol. The second-order valence-corrected chi connectivity index (χ2v) is 12.1. The SMILES string of the molecule is CC(O)c1ccc(C(=O)Nc2cn(C)c(C3CC3)n2)c(NC2CC3(CC(NC(=O)OC(C)(C)C)C3)C2)n1. The van der Waals surface area contributed by atoms with Crippen LogP contribution < -0.4 is 16.0 Å². The van der Waals surface area contributed by atoms with Gasteiger partial charge in [-0.1, -0.05) is 0 Å². The number of nitrogens with zero attached hydrogens (tertiary/aromatic N) is 3. The first kappa shape index (κ1) is 25.5. The smallest absolute Gasteiger partial charge is 0.407 e. The first-order valence-corrected chi connectivity index (χ1v) is 13.2. The van der Waals surface area contributed by atoms with Gasteiger partial charge in [-0.05, 0) is 83.8 Å². The molecule has 1 unspecified atom stereocenters. The second kappa shape index (κ2) is 9.31. The molecule has 3 fully saturated rings. The molecule has 0 bridgehead atoms. The lowest BCUT2D eigenvalue weighted by Crippen LogP contribution is -2.59. The van der Waals surface area contributed by atoms with Gasteiger partial charge in [-0.3, -0.25) is 4.79 Å². The molecule has 1 atom stereocenters. The van der Waals surface area contributed by atoms with E-state index in [4.69, 9.17) is 4.74 Å². The van der Waals surface area contributed by atoms with E-state index in [1.54, 1.807) is 19.1 Å². The minimum absolute atomic E-state index is 0.132. The molecule has 2 amide bonds. The van der Waals surface area contributed by atoms with Crippen molar-refractivity contribution >= 4 is 23.6 Å². The minimum Gasteiger partial charge on any atom is -0.444 e. The van der Waals surface area contributed by atoms with Crippen LogP contribution in [0.5, 0.6) is 0 Å². The molecule has 5 rings (SSSR count). The van der Waals surface area contributed by atoms with Crippen molar-refractivity contribution in [2.45, 2.75) is 95.9 Å². The summed E-state index contributed by atoms with van der Waals surface area (Å²) >= 11 is 0. The van der Waals surface area contributed by atoms with E-state index in [0.29, 0.717) is 28.8 Å². The summed E-state index contributed by atoms with van der Waals surface area (Å²) in [5, 5.41) is 19.4. The molecule has 0 aliphatic heterocycles. The molecule has 0 saturated heterocycles. The zero-order valence-corrected chi connectivity index (χ0v) is 22.3. The number of aryl methyl sites for hydroxylation is 1. The fraction of sp³-hybridized carbons (Fsp3) is 0.630. The summed E-state index contributed by atoms with van der Waals surface area (Å²) in [5.41, 5.74) is 0.619. The van der Waals surface area contributed by atoms with Gasteiger partial charge in [-0.25, -0.2) is 14.8 Å². The zero-order chi connectivity index (χ0) is 26.5. The first-order chi connectivity index (χ1) is 17.4. The summed E-state index contributed by atoms with van der Waals surface area (Å²) in [6.07, 6.45) is 6.71. The number of anilines is 2. The van der Waals surface area contributed by atoms with Gasteiger partial charge in [0.25, 0.3) is 5.91 Å². The number of carbonyl (C=O) groups is 2. The fourth-order valence-corrected chi connectivity index (χ4v) is 5.62. The van der Waals surface area contributed by atoms with Crippen LogP contribution in [0.1, 0.15) is 100 Å². The molecule has 0 radical (unpaired) electrons. The van der Waals surface area contributed by atoms with E-state index in [-0.39, 0.29) is 29.5 Å². The maximum Gasteiger partial charge on any atom is 0.407 e. The fourth-order valence-electron chi connectivity index (χ4n) is 5.62. The number of carbonyl (C=O) groups excluding carboxylic acids is 2. The number of rotatable bonds is 7. The predicted molar refractivity (Wildman–Crippen MR) is 139 cm³/mol. The van der Waals surface area contributed by atoms with Crippen molar-refractivity contribution in [2.24, 2.45) is 12.5 Å². The van der Waals surface area contributed by atoms with Crippen molar-refractivity contribution in [3.8, 4) is 0 Å². The molecule has 3 saturated carbocycles. The van der Waals surface area contributed by atoms with Crippen LogP contribution in [0.4, 0.5) is 16.4 Å². The molecule has 10 heteroatoms. The van der Waals surface area contributed by atoms with Crippen molar-refractivity contribution < 1.29 is 19.4 Å². The molecule has 1 spiro atoms. The number of aliphatic hydroxyl groups is 1. The number of aliphatic hydroxyl groups excluding tert-OH is 1. The van der Waals surface area contributed by atoms with Crippen LogP contribution >= 0.6 is 0 Å². The third-order valence-electron chi connectivity index (χ3n) is 7.47. The Kier molecular flexibility index (Phi) is 6.42. The van der Waals surface area contributed by atoms with Gasteiger partial charge in [-0.2, -0.15) is 0 Å². The molecule has 10 nitrogen and oxygen atoms in total. The average Bonchev–Trinajstić information content (AvgIpc) is 3.52. The van der Waals surface area contributed by atoms with Crippen molar-refractivity contribution in [3.63, 3.8) is 0 Å². The molecule has 2 heterocycles. The van der Waals surface area contributed by atoms with Crippen LogP contribution in [0.15, 0.2) is 18.3 Å². The van der Waals surface area contributed by atoms with Gasteiger partial charge < -0.3 is 30.4 Å². The number of pyridine rings is 1. The van der Waals surface area contributed by atoms with E-state index in [1.165, 1.54) is 0 Å². The van der Waals surface area contributed by atoms with Crippen LogP contribution in [-0.4, -0.2) is 49.3 Å². The maximum atomic E-state index is 13.2. The third kappa shape index (κ3) is 5.74. The number of aromatic nitrogens is 3. The topological polar surface area (TPSA) is 130 Å². The highest BCUT2D eigenvalue weighted by Crippen LogP contribution is 2.56. The van der Waals surface area contributed by atoms with E-state index in [1.807, 2.05) is 38.6 Å². The third-order valence-corrected chi connectivity index (χ3v) is 7.47. The summed E-state index contributed by atoms with van der Waals surface area (Å²) in [6, 6.07) is 3.69. The molecule has 3 aliphatic carbocycles. The molecule has 37 heavy (non-hydrogen) atoms. The summed E-state index contributed by atoms with van der Waals surface area (Å²) in [7, 11) is 1.95. The second-order valence-electron chi connectivity index (χ2n) is 12.1. The van der Waals surface area contributed by atoms with Gasteiger partial charge in [0.05, 0.1) is 17.4 Å². The Morgan fingerprint density at radius 2 is 1.81 bits per heavy atom. The van der Waals surface area contributed by atoms with E-state index >= 15 is 0 Å². The first-order valence-electron chi connectivity index (χ1n) is 13.2. The Balaban J connectivity index is 1.20. The van der Waals surface area contributed by atoms with Crippen LogP contribution in [-0.2, 0) is 11.8 Å². The number of hydrogen-bond acceptors (Lipinski definition) is 7. The Labute approximate surface area is 217 Å². The number of ether oxygens (including phenoxy) is 1. The molecular formula is C27H38N6O4. The van der Waals surface area contributed by atoms with Crippen LogP contribution in [0, 0.1) is 5.41 Å². The lowest BCUT2D eigenvalue weighted by atomic mass is 9.52. The molecule has 2 aromatic heterocycles. The minimum atomic E-state index is -0.742. The van der Waals surface area contributed by atoms with Gasteiger partial charge in [0, 0.05) is 31.2 Å². The Morgan fingerprint density at radius 3 is 2.43 bits per heavy atom. The number of hydrogen-bond donors (Lipinski definition) is 4. The van der Waals surface area contributed by atoms with Crippen molar-refractivity contribution in [3.05, 3.63) is 35.4 Å². The highest BCUT2D eigenvalue weighted by molar-refractivity contribution is 6.07. The van der Waals surface area contributed by atoms with Gasteiger partial charge in [0.15, 0.2) is 5.82 Å². The summed E-state index contributed by atoms with van der Waals surface area (Å²) in [4.78, 5) is 34.4. The van der Waals surface area contributed by atoms with E-state index in [2.05, 4.69) is 25.9 Å². The van der Waals surface area contributed by atoms with E-state index in [9.17, 15) is 14.7 Å². The quantitative estimate of drug-likeness (QED) is 0.438.